The summed E-state index contributed by atoms with van der Waals surface area (Å²) in [6.45, 7) is 4.01. The van der Waals surface area contributed by atoms with Crippen molar-refractivity contribution in [3.63, 3.8) is 0 Å². The second-order valence-corrected chi connectivity index (χ2v) is 6.22. The number of aliphatic carboxylic acids is 1. The molecule has 114 valence electrons. The summed E-state index contributed by atoms with van der Waals surface area (Å²) < 4.78 is 0. The Kier molecular flexibility index (Phi) is 4.99. The van der Waals surface area contributed by atoms with Crippen LogP contribution in [0.2, 0.25) is 0 Å². The summed E-state index contributed by atoms with van der Waals surface area (Å²) >= 11 is 0. The van der Waals surface area contributed by atoms with Gasteiger partial charge in [0.2, 0.25) is 5.91 Å². The van der Waals surface area contributed by atoms with Crippen LogP contribution in [0, 0.1) is 11.8 Å². The summed E-state index contributed by atoms with van der Waals surface area (Å²) in [5, 5.41) is 12.0. The average Bonchev–Trinajstić information content (AvgIpc) is 2.80. The number of nitrogens with one attached hydrogen (secondary N) is 1. The highest BCUT2D eigenvalue weighted by Gasteiger charge is 2.28. The number of carbonyl (C=O) groups excluding carboxylic acids is 1. The van der Waals surface area contributed by atoms with Crippen LogP contribution >= 0.6 is 0 Å². The van der Waals surface area contributed by atoms with Gasteiger partial charge in [-0.05, 0) is 36.3 Å². The van der Waals surface area contributed by atoms with Gasteiger partial charge in [-0.2, -0.15) is 0 Å². The summed E-state index contributed by atoms with van der Waals surface area (Å²) in [4.78, 5) is 23.4. The second kappa shape index (κ2) is 6.74. The fourth-order valence-corrected chi connectivity index (χ4v) is 3.06. The molecule has 4 heteroatoms. The largest absolute Gasteiger partial charge is 0.481 e. The van der Waals surface area contributed by atoms with Crippen molar-refractivity contribution >= 4 is 11.9 Å². The van der Waals surface area contributed by atoms with Gasteiger partial charge in [0.25, 0.3) is 0 Å². The van der Waals surface area contributed by atoms with E-state index >= 15 is 0 Å². The first-order valence-electron chi connectivity index (χ1n) is 7.57. The number of hydrogen-bond acceptors (Lipinski definition) is 2. The van der Waals surface area contributed by atoms with Gasteiger partial charge in [0, 0.05) is 5.92 Å². The van der Waals surface area contributed by atoms with E-state index in [9.17, 15) is 9.59 Å². The molecule has 0 heterocycles. The fraction of sp³-hybridized carbons (Fsp3) is 0.529. The van der Waals surface area contributed by atoms with Crippen molar-refractivity contribution in [3.05, 3.63) is 35.4 Å². The molecule has 1 aliphatic carbocycles. The lowest BCUT2D eigenvalue weighted by Crippen LogP contribution is -2.35. The maximum Gasteiger partial charge on any atom is 0.304 e. The number of aryl methyl sites for hydroxylation is 1. The van der Waals surface area contributed by atoms with E-state index in [1.165, 1.54) is 11.1 Å². The van der Waals surface area contributed by atoms with Gasteiger partial charge in [0.1, 0.15) is 0 Å². The van der Waals surface area contributed by atoms with Crippen molar-refractivity contribution in [2.75, 3.05) is 0 Å². The number of hydrogen-bond donors (Lipinski definition) is 2. The van der Waals surface area contributed by atoms with Crippen LogP contribution in [0.1, 0.15) is 50.3 Å². The molecule has 1 aromatic carbocycles. The van der Waals surface area contributed by atoms with E-state index in [1.54, 1.807) is 0 Å². The van der Waals surface area contributed by atoms with Crippen LogP contribution in [0.15, 0.2) is 24.3 Å². The minimum absolute atomic E-state index is 0.0251. The van der Waals surface area contributed by atoms with Gasteiger partial charge in [0.15, 0.2) is 0 Å². The van der Waals surface area contributed by atoms with E-state index in [-0.39, 0.29) is 18.4 Å². The maximum absolute atomic E-state index is 12.4. The molecule has 21 heavy (non-hydrogen) atoms. The van der Waals surface area contributed by atoms with E-state index in [4.69, 9.17) is 5.11 Å². The first kappa shape index (κ1) is 15.5. The summed E-state index contributed by atoms with van der Waals surface area (Å²) in [7, 11) is 0. The zero-order valence-electron chi connectivity index (χ0n) is 12.6. The minimum Gasteiger partial charge on any atom is -0.481 e. The third-order valence-electron chi connectivity index (χ3n) is 4.00. The molecule has 1 aliphatic rings. The first-order chi connectivity index (χ1) is 9.97. The molecule has 2 atom stereocenters. The Balaban J connectivity index is 2.04. The first-order valence-corrected chi connectivity index (χ1v) is 7.57. The Morgan fingerprint density at radius 2 is 2.05 bits per heavy atom. The fourth-order valence-electron chi connectivity index (χ4n) is 3.06. The number of carboxylic acid groups (broad SMARTS) is 1. The molecule has 2 unspecified atom stereocenters. The van der Waals surface area contributed by atoms with Crippen LogP contribution in [-0.2, 0) is 16.0 Å². The van der Waals surface area contributed by atoms with Crippen LogP contribution in [0.25, 0.3) is 0 Å². The lowest BCUT2D eigenvalue weighted by atomic mass is 9.93. The molecular weight excluding hydrogens is 266 g/mol. The van der Waals surface area contributed by atoms with Gasteiger partial charge < -0.3 is 10.4 Å². The van der Waals surface area contributed by atoms with Gasteiger partial charge in [-0.1, -0.05) is 38.1 Å². The number of carboxylic acids is 1. The van der Waals surface area contributed by atoms with E-state index in [1.807, 2.05) is 32.0 Å². The van der Waals surface area contributed by atoms with Gasteiger partial charge in [-0.3, -0.25) is 9.59 Å². The monoisotopic (exact) mass is 289 g/mol. The maximum atomic E-state index is 12.4. The Morgan fingerprint density at radius 1 is 1.33 bits per heavy atom. The molecule has 0 saturated heterocycles. The van der Waals surface area contributed by atoms with Gasteiger partial charge in [-0.25, -0.2) is 0 Å². The van der Waals surface area contributed by atoms with Gasteiger partial charge in [0.05, 0.1) is 12.5 Å². The topological polar surface area (TPSA) is 66.4 Å². The quantitative estimate of drug-likeness (QED) is 0.846. The molecule has 0 fully saturated rings. The second-order valence-electron chi connectivity index (χ2n) is 6.22. The van der Waals surface area contributed by atoms with E-state index < -0.39 is 11.9 Å². The summed E-state index contributed by atoms with van der Waals surface area (Å²) in [6, 6.07) is 8.14. The van der Waals surface area contributed by atoms with Crippen molar-refractivity contribution in [2.45, 2.75) is 45.6 Å². The highest BCUT2D eigenvalue weighted by molar-refractivity contribution is 5.83. The minimum atomic E-state index is -0.914. The van der Waals surface area contributed by atoms with Crippen molar-refractivity contribution < 1.29 is 14.7 Å². The average molecular weight is 289 g/mol. The number of fused-ring (bicyclic) bond motifs is 1. The summed E-state index contributed by atoms with van der Waals surface area (Å²) in [5.41, 5.74) is 2.45. The van der Waals surface area contributed by atoms with Crippen LogP contribution < -0.4 is 5.32 Å². The number of carbonyl (C=O) groups is 2. The molecule has 0 aliphatic heterocycles. The number of amides is 1. The third-order valence-corrected chi connectivity index (χ3v) is 4.00. The van der Waals surface area contributed by atoms with Crippen molar-refractivity contribution in [1.82, 2.24) is 5.32 Å². The number of benzene rings is 1. The van der Waals surface area contributed by atoms with E-state index in [0.29, 0.717) is 12.3 Å². The molecule has 2 N–H and O–H groups in total. The Bertz CT molecular complexity index is 525. The smallest absolute Gasteiger partial charge is 0.304 e. The summed E-state index contributed by atoms with van der Waals surface area (Å²) in [5.74, 6) is -1.19. The van der Waals surface area contributed by atoms with Crippen LogP contribution in [-0.4, -0.2) is 17.0 Å². The highest BCUT2D eigenvalue weighted by atomic mass is 16.4. The van der Waals surface area contributed by atoms with E-state index in [0.717, 1.165) is 12.8 Å². The van der Waals surface area contributed by atoms with Gasteiger partial charge >= 0.3 is 5.97 Å². The molecule has 0 radical (unpaired) electrons. The standard InChI is InChI=1S/C17H23NO3/c1-11(2)9-13(10-16(19)20)17(21)18-15-8-7-12-5-3-4-6-14(12)15/h3-6,11,13,15H,7-10H2,1-2H3,(H,18,21)(H,19,20). The van der Waals surface area contributed by atoms with Crippen molar-refractivity contribution in [2.24, 2.45) is 11.8 Å². The SMILES string of the molecule is CC(C)CC(CC(=O)O)C(=O)NC1CCc2ccccc21. The Morgan fingerprint density at radius 3 is 2.71 bits per heavy atom. The van der Waals surface area contributed by atoms with Crippen molar-refractivity contribution in [1.29, 1.82) is 0 Å². The molecule has 0 bridgehead atoms. The van der Waals surface area contributed by atoms with Gasteiger partial charge in [-0.15, -0.1) is 0 Å². The van der Waals surface area contributed by atoms with E-state index in [2.05, 4.69) is 11.4 Å². The molecular formula is C17H23NO3. The highest BCUT2D eigenvalue weighted by Crippen LogP contribution is 2.31. The predicted molar refractivity (Wildman–Crippen MR) is 80.8 cm³/mol. The van der Waals surface area contributed by atoms with Crippen LogP contribution in [0.3, 0.4) is 0 Å². The summed E-state index contributed by atoms with van der Waals surface area (Å²) in [6.07, 6.45) is 2.37. The molecule has 2 rings (SSSR count). The molecule has 0 saturated carbocycles. The number of rotatable bonds is 6. The zero-order chi connectivity index (χ0) is 15.4. The molecule has 1 amide bonds. The molecule has 0 aromatic heterocycles. The molecule has 4 nitrogen and oxygen atoms in total. The predicted octanol–water partition coefficient (Wildman–Crippen LogP) is 2.93. The normalized spacial score (nSPS) is 18.3. The Labute approximate surface area is 125 Å². The Hall–Kier alpha value is -1.84. The zero-order valence-corrected chi connectivity index (χ0v) is 12.6. The van der Waals surface area contributed by atoms with Crippen LogP contribution in [0.4, 0.5) is 0 Å². The lowest BCUT2D eigenvalue weighted by Gasteiger charge is -2.20. The molecule has 0 spiro atoms. The molecule has 1 aromatic rings. The van der Waals surface area contributed by atoms with Crippen molar-refractivity contribution in [3.8, 4) is 0 Å². The lowest BCUT2D eigenvalue weighted by molar-refractivity contribution is -0.141. The van der Waals surface area contributed by atoms with Crippen LogP contribution in [0.5, 0.6) is 0 Å². The third kappa shape index (κ3) is 4.06.